The number of carbonyl (C=O) groups excluding carboxylic acids is 2. The number of rotatable bonds is 8. The number of para-hydroxylation sites is 2. The molecule has 0 saturated heterocycles. The number of anilines is 2. The summed E-state index contributed by atoms with van der Waals surface area (Å²) in [4.78, 5) is 27.1. The van der Waals surface area contributed by atoms with Crippen LogP contribution in [0.5, 0.6) is 5.75 Å². The fourth-order valence-electron chi connectivity index (χ4n) is 3.10. The summed E-state index contributed by atoms with van der Waals surface area (Å²) in [5.74, 6) is 0.233. The molecule has 3 aromatic rings. The van der Waals surface area contributed by atoms with E-state index in [1.165, 1.54) is 0 Å². The van der Waals surface area contributed by atoms with Gasteiger partial charge in [0.1, 0.15) is 5.75 Å². The summed E-state index contributed by atoms with van der Waals surface area (Å²) in [5.41, 5.74) is 2.87. The third-order valence-electron chi connectivity index (χ3n) is 5.09. The van der Waals surface area contributed by atoms with E-state index in [0.717, 1.165) is 5.56 Å². The number of methoxy groups -OCH3 is 1. The Kier molecular flexibility index (Phi) is 7.40. The number of nitrogens with zero attached hydrogens (tertiary/aromatic N) is 1. The number of benzene rings is 3. The average Bonchev–Trinajstić information content (AvgIpc) is 2.80. The van der Waals surface area contributed by atoms with Gasteiger partial charge in [-0.25, -0.2) is 0 Å². The zero-order valence-electron chi connectivity index (χ0n) is 18.0. The molecule has 0 aliphatic heterocycles. The van der Waals surface area contributed by atoms with Crippen LogP contribution in [0.2, 0.25) is 0 Å². The van der Waals surface area contributed by atoms with Gasteiger partial charge in [-0.2, -0.15) is 0 Å². The van der Waals surface area contributed by atoms with Gasteiger partial charge < -0.3 is 15.4 Å². The molecule has 1 atom stereocenters. The Balaban J connectivity index is 1.58. The Morgan fingerprint density at radius 3 is 2.23 bits per heavy atom. The minimum atomic E-state index is -0.311. The molecule has 0 aromatic heterocycles. The Hall–Kier alpha value is -3.64. The molecule has 0 bridgehead atoms. The van der Waals surface area contributed by atoms with Crippen molar-refractivity contribution in [3.8, 4) is 5.75 Å². The maximum absolute atomic E-state index is 12.6. The Morgan fingerprint density at radius 2 is 1.55 bits per heavy atom. The van der Waals surface area contributed by atoms with Gasteiger partial charge >= 0.3 is 0 Å². The molecule has 6 nitrogen and oxygen atoms in total. The summed E-state index contributed by atoms with van der Waals surface area (Å²) in [6, 6.07) is 23.7. The summed E-state index contributed by atoms with van der Waals surface area (Å²) < 4.78 is 5.26. The highest BCUT2D eigenvalue weighted by Gasteiger charge is 2.18. The van der Waals surface area contributed by atoms with Gasteiger partial charge in [-0.3, -0.25) is 14.5 Å². The van der Waals surface area contributed by atoms with Crippen molar-refractivity contribution in [3.63, 3.8) is 0 Å². The number of amides is 2. The minimum absolute atomic E-state index is 0.107. The smallest absolute Gasteiger partial charge is 0.255 e. The Morgan fingerprint density at radius 1 is 0.903 bits per heavy atom. The van der Waals surface area contributed by atoms with Crippen LogP contribution < -0.4 is 15.4 Å². The van der Waals surface area contributed by atoms with E-state index in [1.54, 1.807) is 43.5 Å². The first-order valence-electron chi connectivity index (χ1n) is 10.1. The van der Waals surface area contributed by atoms with E-state index in [9.17, 15) is 9.59 Å². The molecule has 160 valence electrons. The lowest BCUT2D eigenvalue weighted by atomic mass is 10.1. The van der Waals surface area contributed by atoms with E-state index in [0.29, 0.717) is 29.2 Å². The normalized spacial score (nSPS) is 11.6. The van der Waals surface area contributed by atoms with E-state index in [2.05, 4.69) is 10.6 Å². The fourth-order valence-corrected chi connectivity index (χ4v) is 3.10. The van der Waals surface area contributed by atoms with Crippen LogP contribution >= 0.6 is 0 Å². The SMILES string of the molecule is COc1ccccc1NC(=O)c1ccc(NC(=O)C(C)N(C)Cc2ccccc2)cc1. The van der Waals surface area contributed by atoms with Crippen molar-refractivity contribution in [2.75, 3.05) is 24.8 Å². The van der Waals surface area contributed by atoms with Crippen LogP contribution in [0.3, 0.4) is 0 Å². The van der Waals surface area contributed by atoms with Crippen LogP contribution in [0, 0.1) is 0 Å². The highest BCUT2D eigenvalue weighted by molar-refractivity contribution is 6.05. The lowest BCUT2D eigenvalue weighted by Gasteiger charge is -2.24. The molecule has 0 heterocycles. The van der Waals surface area contributed by atoms with Gasteiger partial charge in [0.25, 0.3) is 5.91 Å². The summed E-state index contributed by atoms with van der Waals surface area (Å²) in [6.07, 6.45) is 0. The molecule has 3 aromatic carbocycles. The van der Waals surface area contributed by atoms with Crippen molar-refractivity contribution < 1.29 is 14.3 Å². The van der Waals surface area contributed by atoms with Gasteiger partial charge in [-0.05, 0) is 55.9 Å². The van der Waals surface area contributed by atoms with Crippen molar-refractivity contribution in [2.24, 2.45) is 0 Å². The van der Waals surface area contributed by atoms with Gasteiger partial charge in [0, 0.05) is 17.8 Å². The van der Waals surface area contributed by atoms with E-state index < -0.39 is 0 Å². The quantitative estimate of drug-likeness (QED) is 0.570. The molecule has 3 rings (SSSR count). The van der Waals surface area contributed by atoms with Crippen LogP contribution in [0.1, 0.15) is 22.8 Å². The minimum Gasteiger partial charge on any atom is -0.495 e. The molecule has 0 spiro atoms. The van der Waals surface area contributed by atoms with Crippen LogP contribution in [-0.2, 0) is 11.3 Å². The number of carbonyl (C=O) groups is 2. The standard InChI is InChI=1S/C25H27N3O3/c1-18(28(2)17-19-9-5-4-6-10-19)24(29)26-21-15-13-20(14-16-21)25(30)27-22-11-7-8-12-23(22)31-3/h4-16,18H,17H2,1-3H3,(H,26,29)(H,27,30). The zero-order chi connectivity index (χ0) is 22.2. The van der Waals surface area contributed by atoms with Crippen molar-refractivity contribution in [1.29, 1.82) is 0 Å². The van der Waals surface area contributed by atoms with Crippen LogP contribution in [0.25, 0.3) is 0 Å². The van der Waals surface area contributed by atoms with Gasteiger partial charge in [-0.15, -0.1) is 0 Å². The number of likely N-dealkylation sites (N-methyl/N-ethyl adjacent to an activating group) is 1. The lowest BCUT2D eigenvalue weighted by Crippen LogP contribution is -2.39. The number of hydrogen-bond acceptors (Lipinski definition) is 4. The lowest BCUT2D eigenvalue weighted by molar-refractivity contribution is -0.120. The molecule has 0 fully saturated rings. The van der Waals surface area contributed by atoms with Crippen LogP contribution in [0.15, 0.2) is 78.9 Å². The second kappa shape index (κ2) is 10.4. The maximum Gasteiger partial charge on any atom is 0.255 e. The maximum atomic E-state index is 12.6. The highest BCUT2D eigenvalue weighted by atomic mass is 16.5. The number of nitrogens with one attached hydrogen (secondary N) is 2. The molecule has 31 heavy (non-hydrogen) atoms. The van der Waals surface area contributed by atoms with Gasteiger partial charge in [0.05, 0.1) is 18.8 Å². The van der Waals surface area contributed by atoms with Gasteiger partial charge in [0.2, 0.25) is 5.91 Å². The first-order chi connectivity index (χ1) is 15.0. The molecule has 2 amide bonds. The van der Waals surface area contributed by atoms with E-state index in [-0.39, 0.29) is 17.9 Å². The number of hydrogen-bond donors (Lipinski definition) is 2. The monoisotopic (exact) mass is 417 g/mol. The Bertz CT molecular complexity index is 1020. The molecule has 0 radical (unpaired) electrons. The molecular formula is C25H27N3O3. The highest BCUT2D eigenvalue weighted by Crippen LogP contribution is 2.24. The summed E-state index contributed by atoms with van der Waals surface area (Å²) in [7, 11) is 3.48. The van der Waals surface area contributed by atoms with E-state index >= 15 is 0 Å². The summed E-state index contributed by atoms with van der Waals surface area (Å²) in [5, 5.41) is 5.75. The molecule has 0 aliphatic rings. The molecule has 1 unspecified atom stereocenters. The largest absolute Gasteiger partial charge is 0.495 e. The van der Waals surface area contributed by atoms with Crippen molar-refractivity contribution in [1.82, 2.24) is 4.90 Å². The predicted molar refractivity (Wildman–Crippen MR) is 123 cm³/mol. The fraction of sp³-hybridized carbons (Fsp3) is 0.200. The molecular weight excluding hydrogens is 390 g/mol. The molecule has 0 aliphatic carbocycles. The van der Waals surface area contributed by atoms with Crippen LogP contribution in [-0.4, -0.2) is 36.9 Å². The average molecular weight is 418 g/mol. The molecule has 2 N–H and O–H groups in total. The third-order valence-corrected chi connectivity index (χ3v) is 5.09. The second-order valence-corrected chi connectivity index (χ2v) is 7.30. The Labute approximate surface area is 182 Å². The first kappa shape index (κ1) is 22.1. The van der Waals surface area contributed by atoms with E-state index in [4.69, 9.17) is 4.74 Å². The topological polar surface area (TPSA) is 70.7 Å². The summed E-state index contributed by atoms with van der Waals surface area (Å²) >= 11 is 0. The van der Waals surface area contributed by atoms with Crippen LogP contribution in [0.4, 0.5) is 11.4 Å². The summed E-state index contributed by atoms with van der Waals surface area (Å²) in [6.45, 7) is 2.55. The number of ether oxygens (including phenoxy) is 1. The molecule has 0 saturated carbocycles. The first-order valence-corrected chi connectivity index (χ1v) is 10.1. The van der Waals surface area contributed by atoms with Crippen molar-refractivity contribution in [2.45, 2.75) is 19.5 Å². The van der Waals surface area contributed by atoms with Crippen molar-refractivity contribution >= 4 is 23.2 Å². The van der Waals surface area contributed by atoms with Gasteiger partial charge in [0.15, 0.2) is 0 Å². The third kappa shape index (κ3) is 5.93. The predicted octanol–water partition coefficient (Wildman–Crippen LogP) is 4.41. The second-order valence-electron chi connectivity index (χ2n) is 7.30. The van der Waals surface area contributed by atoms with E-state index in [1.807, 2.05) is 61.3 Å². The zero-order valence-corrected chi connectivity index (χ0v) is 18.0. The van der Waals surface area contributed by atoms with Crippen molar-refractivity contribution in [3.05, 3.63) is 90.0 Å². The van der Waals surface area contributed by atoms with Gasteiger partial charge in [-0.1, -0.05) is 42.5 Å². The molecule has 6 heteroatoms.